The number of rotatable bonds is 8. The van der Waals surface area contributed by atoms with Crippen molar-refractivity contribution in [2.24, 2.45) is 0 Å². The Bertz CT molecular complexity index is 2400. The van der Waals surface area contributed by atoms with Crippen molar-refractivity contribution in [3.05, 3.63) is 182 Å². The van der Waals surface area contributed by atoms with Crippen LogP contribution >= 0.6 is 0 Å². The molecule has 0 amide bonds. The molecule has 0 N–H and O–H groups in total. The summed E-state index contributed by atoms with van der Waals surface area (Å²) in [6.45, 7) is 2.51. The van der Waals surface area contributed by atoms with E-state index in [4.69, 9.17) is 0 Å². The van der Waals surface area contributed by atoms with Crippen LogP contribution in [0, 0.1) is 116 Å². The molecule has 0 saturated heterocycles. The average Bonchev–Trinajstić information content (AvgIpc) is 3.26. The number of hydrogen-bond donors (Lipinski definition) is 0. The molecule has 1 heterocycles. The van der Waals surface area contributed by atoms with Crippen LogP contribution in [0.5, 0.6) is 0 Å². The first-order valence-corrected chi connectivity index (χ1v) is 16.8. The van der Waals surface area contributed by atoms with Crippen LogP contribution in [0.2, 0.25) is 0 Å². The Balaban J connectivity index is 0.000000355. The first kappa shape index (κ1) is 46.6. The van der Waals surface area contributed by atoms with Crippen LogP contribution in [0.1, 0.15) is 23.0 Å². The summed E-state index contributed by atoms with van der Waals surface area (Å²) in [7, 11) is 0. The lowest BCUT2D eigenvalue weighted by Crippen LogP contribution is -2.81. The molecule has 0 aliphatic rings. The minimum absolute atomic E-state index is 0.150. The molecule has 6 rings (SSSR count). The van der Waals surface area contributed by atoms with Gasteiger partial charge in [-0.2, -0.15) is 4.57 Å². The molecule has 0 aliphatic heterocycles. The molecule has 0 saturated carbocycles. The third-order valence-corrected chi connectivity index (χ3v) is 9.51. The molecule has 0 fully saturated rings. The van der Waals surface area contributed by atoms with E-state index in [-0.39, 0.29) is 5.78 Å². The Hall–Kier alpha value is -6.42. The minimum Gasteiger partial charge on any atom is -0.287 e. The first-order chi connectivity index (χ1) is 29.0. The van der Waals surface area contributed by atoms with Gasteiger partial charge in [-0.25, -0.2) is 87.8 Å². The summed E-state index contributed by atoms with van der Waals surface area (Å²) in [5.74, 6) is -71.3. The molecule has 23 heteroatoms. The van der Waals surface area contributed by atoms with Gasteiger partial charge in [0.2, 0.25) is 12.3 Å². The van der Waals surface area contributed by atoms with E-state index >= 15 is 35.1 Å². The molecule has 62 heavy (non-hydrogen) atoms. The molecule has 0 aliphatic carbocycles. The Labute approximate surface area is 333 Å². The van der Waals surface area contributed by atoms with Gasteiger partial charge in [-0.05, 0) is 0 Å². The Morgan fingerprint density at radius 2 is 0.645 bits per heavy atom. The lowest BCUT2D eigenvalue weighted by Gasteiger charge is -2.44. The van der Waals surface area contributed by atoms with Crippen molar-refractivity contribution in [3.8, 4) is 0 Å². The average molecular weight is 905 g/mol. The molecule has 1 aromatic heterocycles. The summed E-state index contributed by atoms with van der Waals surface area (Å²) < 4.78 is 296. The molecule has 0 atom stereocenters. The number of carbonyl (C=O) groups excluding carboxylic acids is 1. The van der Waals surface area contributed by atoms with Gasteiger partial charge in [0.15, 0.2) is 81.7 Å². The predicted molar refractivity (Wildman–Crippen MR) is 176 cm³/mol. The van der Waals surface area contributed by atoms with Crippen LogP contribution in [-0.2, 0) is 13.0 Å². The second-order valence-electron chi connectivity index (χ2n) is 12.8. The number of Topliss-reactive ketones (excluding diaryl/α,β-unsaturated/α-hetero) is 1. The molecule has 0 radical (unpaired) electrons. The summed E-state index contributed by atoms with van der Waals surface area (Å²) in [6.07, 6.45) is -4.33. The summed E-state index contributed by atoms with van der Waals surface area (Å²) in [5.41, 5.74) is -12.4. The fourth-order valence-electron chi connectivity index (χ4n) is 6.73. The minimum atomic E-state index is -7.22. The van der Waals surface area contributed by atoms with E-state index in [0.29, 0.717) is 6.54 Å². The van der Waals surface area contributed by atoms with Crippen molar-refractivity contribution in [2.45, 2.75) is 19.9 Å². The molecule has 6 aromatic rings. The molecular weight excluding hydrogens is 889 g/mol. The summed E-state index contributed by atoms with van der Waals surface area (Å²) in [4.78, 5) is 12.1. The van der Waals surface area contributed by atoms with Gasteiger partial charge < -0.3 is 0 Å². The van der Waals surface area contributed by atoms with E-state index in [2.05, 4.69) is 13.0 Å². The normalized spacial score (nSPS) is 11.5. The van der Waals surface area contributed by atoms with Crippen molar-refractivity contribution in [3.63, 3.8) is 0 Å². The highest BCUT2D eigenvalue weighted by atomic mass is 19.2. The van der Waals surface area contributed by atoms with Gasteiger partial charge in [0.1, 0.15) is 52.7 Å². The van der Waals surface area contributed by atoms with Crippen molar-refractivity contribution in [2.75, 3.05) is 0 Å². The zero-order valence-corrected chi connectivity index (χ0v) is 30.1. The largest absolute Gasteiger partial charge is 0.287 e. The van der Waals surface area contributed by atoms with Crippen LogP contribution in [0.25, 0.3) is 0 Å². The van der Waals surface area contributed by atoms with E-state index in [9.17, 15) is 57.5 Å². The van der Waals surface area contributed by atoms with Gasteiger partial charge in [0, 0.05) is 24.1 Å². The summed E-state index contributed by atoms with van der Waals surface area (Å²) in [6, 6.07) is 15.4. The highest BCUT2D eigenvalue weighted by Gasteiger charge is 2.52. The van der Waals surface area contributed by atoms with Gasteiger partial charge in [-0.3, -0.25) is 4.79 Å². The zero-order valence-electron chi connectivity index (χ0n) is 30.1. The highest BCUT2D eigenvalue weighted by molar-refractivity contribution is 7.20. The van der Waals surface area contributed by atoms with E-state index in [0.717, 1.165) is 12.0 Å². The molecule has 0 bridgehead atoms. The van der Waals surface area contributed by atoms with Crippen LogP contribution in [0.4, 0.5) is 87.8 Å². The molecule has 5 aromatic carbocycles. The monoisotopic (exact) mass is 905 g/mol. The number of halogens is 20. The van der Waals surface area contributed by atoms with E-state index in [1.807, 2.05) is 53.2 Å². The second-order valence-corrected chi connectivity index (χ2v) is 12.8. The number of benzene rings is 5. The number of aromatic nitrogens is 1. The molecular formula is C39H16BF20NO. The van der Waals surface area contributed by atoms with Crippen molar-refractivity contribution in [1.82, 2.24) is 0 Å². The van der Waals surface area contributed by atoms with Gasteiger partial charge in [0.25, 0.3) is 0 Å². The van der Waals surface area contributed by atoms with Crippen LogP contribution < -0.4 is 26.4 Å². The number of ketones is 1. The Morgan fingerprint density at radius 1 is 0.387 bits per heavy atom. The topological polar surface area (TPSA) is 20.9 Å². The predicted octanol–water partition coefficient (Wildman–Crippen LogP) is 8.27. The number of carbonyl (C=O) groups is 1. The lowest BCUT2D eigenvalue weighted by molar-refractivity contribution is -0.690. The standard InChI is InChI=1S/C24BF20.C15H16NO/c26-5-1(6(27)14(35)21(42)13(5)34)25(2-7(28)15(36)22(43)16(37)8(2)29,3-9(30)17(38)23(44)18(39)10(3)31)4-11(32)19(40)24(45)20(41)12(4)33;1-2-14-10-6-7-11-16(14)12-15(17)13-8-4-3-5-9-13/h;3-11H,2,12H2,1H3/q-1;+1. The van der Waals surface area contributed by atoms with Crippen LogP contribution in [-0.4, -0.2) is 11.9 Å². The quantitative estimate of drug-likeness (QED) is 0.0377. The molecule has 2 nitrogen and oxygen atoms in total. The number of hydrogen-bond acceptors (Lipinski definition) is 1. The van der Waals surface area contributed by atoms with Gasteiger partial charge in [0.05, 0.1) is 0 Å². The summed E-state index contributed by atoms with van der Waals surface area (Å²) >= 11 is 0. The maximum atomic E-state index is 15.4. The SMILES string of the molecule is CCc1cccc[n+]1CC(=O)c1ccccc1.Fc1c(F)c(F)c([B-](c2c(F)c(F)c(F)c(F)c2F)(c2c(F)c(F)c(F)c(F)c2F)c2c(F)c(F)c(F)c(F)c2F)c(F)c1F. The van der Waals surface area contributed by atoms with E-state index in [1.165, 1.54) is 5.69 Å². The van der Waals surface area contributed by atoms with E-state index in [1.54, 1.807) is 0 Å². The Kier molecular flexibility index (Phi) is 13.2. The van der Waals surface area contributed by atoms with Crippen molar-refractivity contribution < 1.29 is 97.2 Å². The van der Waals surface area contributed by atoms with Crippen molar-refractivity contribution >= 4 is 33.8 Å². The smallest absolute Gasteiger partial charge is 0.227 e. The lowest BCUT2D eigenvalue weighted by atomic mass is 9.12. The zero-order chi connectivity index (χ0) is 46.4. The maximum Gasteiger partial charge on any atom is 0.227 e. The summed E-state index contributed by atoms with van der Waals surface area (Å²) in [5, 5.41) is 0. The van der Waals surface area contributed by atoms with E-state index < -0.39 is 144 Å². The highest BCUT2D eigenvalue weighted by Crippen LogP contribution is 2.30. The molecule has 0 spiro atoms. The Morgan fingerprint density at radius 3 is 0.919 bits per heavy atom. The van der Waals surface area contributed by atoms with Crippen LogP contribution in [0.3, 0.4) is 0 Å². The van der Waals surface area contributed by atoms with Gasteiger partial charge in [-0.15, -0.1) is 21.9 Å². The van der Waals surface area contributed by atoms with Crippen LogP contribution in [0.15, 0.2) is 54.7 Å². The third kappa shape index (κ3) is 7.29. The van der Waals surface area contributed by atoms with Gasteiger partial charge in [-0.1, -0.05) is 43.3 Å². The fourth-order valence-corrected chi connectivity index (χ4v) is 6.73. The first-order valence-electron chi connectivity index (χ1n) is 16.8. The molecule has 0 unspecified atom stereocenters. The second kappa shape index (κ2) is 17.5. The fraction of sp³-hybridized carbons (Fsp3) is 0.0769. The third-order valence-electron chi connectivity index (χ3n) is 9.51. The number of pyridine rings is 1. The number of aryl methyl sites for hydroxylation is 1. The van der Waals surface area contributed by atoms with Crippen molar-refractivity contribution in [1.29, 1.82) is 0 Å². The number of nitrogens with zero attached hydrogens (tertiary/aromatic N) is 1. The maximum absolute atomic E-state index is 15.4. The van der Waals surface area contributed by atoms with Gasteiger partial charge >= 0.3 is 0 Å². The molecule has 326 valence electrons.